The van der Waals surface area contributed by atoms with Crippen molar-refractivity contribution in [2.45, 2.75) is 39.0 Å². The van der Waals surface area contributed by atoms with Gasteiger partial charge in [0, 0.05) is 13.2 Å². The highest BCUT2D eigenvalue weighted by Gasteiger charge is 2.20. The molecule has 0 aliphatic carbocycles. The molecule has 1 aliphatic rings. The number of hydrogen-bond acceptors (Lipinski definition) is 5. The van der Waals surface area contributed by atoms with Gasteiger partial charge < -0.3 is 10.1 Å². The van der Waals surface area contributed by atoms with Gasteiger partial charge in [-0.25, -0.2) is 14.6 Å². The maximum atomic E-state index is 5.83. The van der Waals surface area contributed by atoms with Gasteiger partial charge in [-0.1, -0.05) is 29.8 Å². The lowest BCUT2D eigenvalue weighted by Crippen LogP contribution is -2.19. The molecule has 0 bridgehead atoms. The fourth-order valence-corrected chi connectivity index (χ4v) is 3.02. The Hall–Kier alpha value is -2.47. The third-order valence-corrected chi connectivity index (χ3v) is 4.40. The van der Waals surface area contributed by atoms with Crippen LogP contribution in [0.25, 0.3) is 11.0 Å². The zero-order valence-electron chi connectivity index (χ0n) is 13.8. The standard InChI is InChI=1S/C18H21N5O/c1-13-5-7-14(8-6-13)10-19-17-15-11-22-23(18(15)21-12-20-17)16-4-2-3-9-24-16/h5-8,11-12,16H,2-4,9-10H2,1H3,(H,19,20,21). The van der Waals surface area contributed by atoms with E-state index in [-0.39, 0.29) is 6.23 Å². The number of anilines is 1. The highest BCUT2D eigenvalue weighted by molar-refractivity contribution is 5.86. The van der Waals surface area contributed by atoms with Crippen molar-refractivity contribution >= 4 is 16.9 Å². The quantitative estimate of drug-likeness (QED) is 0.796. The van der Waals surface area contributed by atoms with E-state index in [2.05, 4.69) is 51.6 Å². The molecule has 6 heteroatoms. The summed E-state index contributed by atoms with van der Waals surface area (Å²) in [5.74, 6) is 0.808. The van der Waals surface area contributed by atoms with Crippen molar-refractivity contribution in [2.75, 3.05) is 11.9 Å². The number of benzene rings is 1. The molecule has 1 unspecified atom stereocenters. The van der Waals surface area contributed by atoms with Crippen LogP contribution in [-0.4, -0.2) is 26.4 Å². The van der Waals surface area contributed by atoms with Crippen molar-refractivity contribution in [1.29, 1.82) is 0 Å². The van der Waals surface area contributed by atoms with Crippen LogP contribution >= 0.6 is 0 Å². The highest BCUT2D eigenvalue weighted by atomic mass is 16.5. The van der Waals surface area contributed by atoms with Gasteiger partial charge in [0.2, 0.25) is 0 Å². The van der Waals surface area contributed by atoms with Crippen LogP contribution in [0.15, 0.2) is 36.8 Å². The molecule has 0 radical (unpaired) electrons. The number of ether oxygens (including phenoxy) is 1. The molecular formula is C18H21N5O. The monoisotopic (exact) mass is 323 g/mol. The Morgan fingerprint density at radius 2 is 2.08 bits per heavy atom. The number of rotatable bonds is 4. The van der Waals surface area contributed by atoms with Gasteiger partial charge in [-0.2, -0.15) is 5.10 Å². The summed E-state index contributed by atoms with van der Waals surface area (Å²) in [4.78, 5) is 8.79. The van der Waals surface area contributed by atoms with Crippen molar-refractivity contribution < 1.29 is 4.74 Å². The smallest absolute Gasteiger partial charge is 0.165 e. The first-order valence-electron chi connectivity index (χ1n) is 8.40. The maximum absolute atomic E-state index is 5.83. The fraction of sp³-hybridized carbons (Fsp3) is 0.389. The molecule has 1 atom stereocenters. The number of aromatic nitrogens is 4. The van der Waals surface area contributed by atoms with Crippen LogP contribution in [0.1, 0.15) is 36.6 Å². The van der Waals surface area contributed by atoms with E-state index in [1.165, 1.54) is 11.1 Å². The van der Waals surface area contributed by atoms with Crippen LogP contribution in [-0.2, 0) is 11.3 Å². The van der Waals surface area contributed by atoms with Crippen LogP contribution in [0, 0.1) is 6.92 Å². The number of nitrogens with one attached hydrogen (secondary N) is 1. The predicted molar refractivity (Wildman–Crippen MR) is 92.7 cm³/mol. The first-order valence-corrected chi connectivity index (χ1v) is 8.40. The van der Waals surface area contributed by atoms with Gasteiger partial charge in [0.15, 0.2) is 11.9 Å². The second-order valence-corrected chi connectivity index (χ2v) is 6.21. The molecule has 1 N–H and O–H groups in total. The SMILES string of the molecule is Cc1ccc(CNc2ncnc3c2cnn3C2CCCCO2)cc1. The summed E-state index contributed by atoms with van der Waals surface area (Å²) in [7, 11) is 0. The van der Waals surface area contributed by atoms with E-state index in [0.29, 0.717) is 0 Å². The van der Waals surface area contributed by atoms with Gasteiger partial charge in [-0.3, -0.25) is 0 Å². The molecular weight excluding hydrogens is 302 g/mol. The van der Waals surface area contributed by atoms with Gasteiger partial charge in [-0.05, 0) is 31.7 Å². The summed E-state index contributed by atoms with van der Waals surface area (Å²) in [6.07, 6.45) is 6.65. The summed E-state index contributed by atoms with van der Waals surface area (Å²) in [5, 5.41) is 8.82. The molecule has 124 valence electrons. The summed E-state index contributed by atoms with van der Waals surface area (Å²) >= 11 is 0. The summed E-state index contributed by atoms with van der Waals surface area (Å²) in [6.45, 7) is 3.60. The van der Waals surface area contributed by atoms with E-state index in [1.807, 2.05) is 10.9 Å². The van der Waals surface area contributed by atoms with E-state index in [0.717, 1.165) is 49.3 Å². The molecule has 6 nitrogen and oxygen atoms in total. The number of nitrogens with zero attached hydrogens (tertiary/aromatic N) is 4. The van der Waals surface area contributed by atoms with Crippen LogP contribution in [0.5, 0.6) is 0 Å². The Labute approximate surface area is 140 Å². The van der Waals surface area contributed by atoms with Gasteiger partial charge in [0.25, 0.3) is 0 Å². The maximum Gasteiger partial charge on any atom is 0.165 e. The van der Waals surface area contributed by atoms with E-state index < -0.39 is 0 Å². The van der Waals surface area contributed by atoms with Crippen LogP contribution < -0.4 is 5.32 Å². The second-order valence-electron chi connectivity index (χ2n) is 6.21. The number of aryl methyl sites for hydroxylation is 1. The normalized spacial score (nSPS) is 18.0. The van der Waals surface area contributed by atoms with Crippen molar-refractivity contribution in [3.05, 3.63) is 47.9 Å². The topological polar surface area (TPSA) is 64.9 Å². The average molecular weight is 323 g/mol. The van der Waals surface area contributed by atoms with E-state index in [4.69, 9.17) is 4.74 Å². The molecule has 1 saturated heterocycles. The van der Waals surface area contributed by atoms with Crippen LogP contribution in [0.4, 0.5) is 5.82 Å². The van der Waals surface area contributed by atoms with Gasteiger partial charge in [-0.15, -0.1) is 0 Å². The summed E-state index contributed by atoms with van der Waals surface area (Å²) < 4.78 is 7.71. The van der Waals surface area contributed by atoms with Crippen molar-refractivity contribution in [3.8, 4) is 0 Å². The Morgan fingerprint density at radius 3 is 2.88 bits per heavy atom. The third kappa shape index (κ3) is 2.97. The molecule has 3 aromatic rings. The van der Waals surface area contributed by atoms with Gasteiger partial charge in [0.1, 0.15) is 12.1 Å². The first kappa shape index (κ1) is 15.1. The first-order chi connectivity index (χ1) is 11.8. The minimum Gasteiger partial charge on any atom is -0.365 e. The molecule has 1 aromatic carbocycles. The Morgan fingerprint density at radius 1 is 1.21 bits per heavy atom. The lowest BCUT2D eigenvalue weighted by molar-refractivity contribution is -0.0370. The molecule has 1 aliphatic heterocycles. The van der Waals surface area contributed by atoms with Crippen molar-refractivity contribution in [3.63, 3.8) is 0 Å². The highest BCUT2D eigenvalue weighted by Crippen LogP contribution is 2.27. The number of hydrogen-bond donors (Lipinski definition) is 1. The molecule has 24 heavy (non-hydrogen) atoms. The van der Waals surface area contributed by atoms with Crippen molar-refractivity contribution in [1.82, 2.24) is 19.7 Å². The Bertz CT molecular complexity index is 821. The minimum atomic E-state index is -0.0175. The fourth-order valence-electron chi connectivity index (χ4n) is 3.02. The van der Waals surface area contributed by atoms with Crippen molar-refractivity contribution in [2.24, 2.45) is 0 Å². The second kappa shape index (κ2) is 6.57. The van der Waals surface area contributed by atoms with E-state index >= 15 is 0 Å². The van der Waals surface area contributed by atoms with Gasteiger partial charge in [0.05, 0.1) is 11.6 Å². The molecule has 2 aromatic heterocycles. The largest absolute Gasteiger partial charge is 0.365 e. The molecule has 4 rings (SSSR count). The summed E-state index contributed by atoms with van der Waals surface area (Å²) in [6, 6.07) is 8.48. The zero-order chi connectivity index (χ0) is 16.4. The molecule has 0 saturated carbocycles. The molecule has 0 amide bonds. The Balaban J connectivity index is 1.57. The van der Waals surface area contributed by atoms with Crippen LogP contribution in [0.2, 0.25) is 0 Å². The van der Waals surface area contributed by atoms with Gasteiger partial charge >= 0.3 is 0 Å². The molecule has 3 heterocycles. The van der Waals surface area contributed by atoms with E-state index in [1.54, 1.807) is 6.33 Å². The summed E-state index contributed by atoms with van der Waals surface area (Å²) in [5.41, 5.74) is 3.30. The lowest BCUT2D eigenvalue weighted by atomic mass is 10.1. The third-order valence-electron chi connectivity index (χ3n) is 4.40. The zero-order valence-corrected chi connectivity index (χ0v) is 13.8. The van der Waals surface area contributed by atoms with E-state index in [9.17, 15) is 0 Å². The lowest BCUT2D eigenvalue weighted by Gasteiger charge is -2.22. The molecule has 1 fully saturated rings. The van der Waals surface area contributed by atoms with Crippen LogP contribution in [0.3, 0.4) is 0 Å². The molecule has 0 spiro atoms. The number of fused-ring (bicyclic) bond motifs is 1. The Kier molecular flexibility index (Phi) is 4.13. The minimum absolute atomic E-state index is 0.0175. The predicted octanol–water partition coefficient (Wildman–Crippen LogP) is 3.45. The average Bonchev–Trinajstić information content (AvgIpc) is 3.07.